The normalized spacial score (nSPS) is 18.3. The summed E-state index contributed by atoms with van der Waals surface area (Å²) in [6.45, 7) is 0.621. The number of ether oxygens (including phenoxy) is 1. The molecule has 8 rings (SSSR count). The van der Waals surface area contributed by atoms with Crippen molar-refractivity contribution in [3.8, 4) is 22.4 Å². The lowest BCUT2D eigenvalue weighted by Crippen LogP contribution is -2.47. The number of hydrogen-bond donors (Lipinski definition) is 2. The van der Waals surface area contributed by atoms with Crippen LogP contribution in [0.2, 0.25) is 0 Å². The Bertz CT molecular complexity index is 2090. The topological polar surface area (TPSA) is 99.7 Å². The van der Waals surface area contributed by atoms with Crippen molar-refractivity contribution in [2.45, 2.75) is 62.9 Å². The third kappa shape index (κ3) is 6.33. The van der Waals surface area contributed by atoms with E-state index in [0.29, 0.717) is 18.9 Å². The van der Waals surface area contributed by atoms with Gasteiger partial charge < -0.3 is 19.9 Å². The van der Waals surface area contributed by atoms with Crippen molar-refractivity contribution in [1.82, 2.24) is 20.2 Å². The van der Waals surface area contributed by atoms with Crippen LogP contribution < -0.4 is 5.32 Å². The number of benzene rings is 4. The van der Waals surface area contributed by atoms with Crippen LogP contribution in [0.3, 0.4) is 0 Å². The van der Waals surface area contributed by atoms with Gasteiger partial charge in [-0.2, -0.15) is 0 Å². The van der Waals surface area contributed by atoms with E-state index >= 15 is 0 Å². The van der Waals surface area contributed by atoms with Crippen LogP contribution in [0.15, 0.2) is 108 Å². The number of carbonyl (C=O) groups is 2. The van der Waals surface area contributed by atoms with Gasteiger partial charge >= 0.3 is 6.09 Å². The fraction of sp³-hybridized carbons (Fsp3) is 0.286. The molecule has 1 aromatic heterocycles. The maximum atomic E-state index is 13.9. The predicted molar refractivity (Wildman–Crippen MR) is 198 cm³/mol. The number of amides is 2. The number of alkyl carbamates (subject to hydrolysis) is 1. The minimum absolute atomic E-state index is 0.109. The molecular formula is C42H41N5O3. The van der Waals surface area contributed by atoms with Crippen molar-refractivity contribution >= 4 is 34.1 Å². The number of likely N-dealkylation sites (tertiary alicyclic amines) is 1. The lowest BCUT2D eigenvalue weighted by molar-refractivity contribution is -0.133. The molecule has 252 valence electrons. The Morgan fingerprint density at radius 3 is 2.30 bits per heavy atom. The molecule has 50 heavy (non-hydrogen) atoms. The predicted octanol–water partition coefficient (Wildman–Crippen LogP) is 8.83. The second kappa shape index (κ2) is 13.8. The maximum Gasteiger partial charge on any atom is 0.407 e. The van der Waals surface area contributed by atoms with Crippen molar-refractivity contribution in [3.63, 3.8) is 0 Å². The molecule has 0 unspecified atom stereocenters. The van der Waals surface area contributed by atoms with Crippen LogP contribution in [-0.4, -0.2) is 52.3 Å². The number of aromatic amines is 1. The van der Waals surface area contributed by atoms with Crippen molar-refractivity contribution in [3.05, 3.63) is 120 Å². The average molecular weight is 664 g/mol. The minimum atomic E-state index is -0.825. The molecule has 2 atom stereocenters. The van der Waals surface area contributed by atoms with Crippen LogP contribution in [0.25, 0.3) is 38.7 Å². The third-order valence-corrected chi connectivity index (χ3v) is 10.6. The fourth-order valence-electron chi connectivity index (χ4n) is 7.84. The zero-order valence-corrected chi connectivity index (χ0v) is 28.3. The SMILES string of the molecule is COC(=O)N[C@@H](C(=O)N1CCC[C@H]1C1=NC=C(c2ccc(-c3ccc4cc(-c5cnc(C6CCCC6)[nH]5)ccc4c3)cc2)C1)c1ccccc1. The van der Waals surface area contributed by atoms with Crippen LogP contribution >= 0.6 is 0 Å². The minimum Gasteiger partial charge on any atom is -0.453 e. The van der Waals surface area contributed by atoms with Gasteiger partial charge in [0.2, 0.25) is 5.91 Å². The summed E-state index contributed by atoms with van der Waals surface area (Å²) in [7, 11) is 1.30. The summed E-state index contributed by atoms with van der Waals surface area (Å²) in [6.07, 6.45) is 10.8. The van der Waals surface area contributed by atoms with Crippen LogP contribution in [-0.2, 0) is 9.53 Å². The zero-order valence-electron chi connectivity index (χ0n) is 28.3. The molecule has 8 heteroatoms. The molecule has 2 amide bonds. The monoisotopic (exact) mass is 663 g/mol. The molecule has 8 nitrogen and oxygen atoms in total. The van der Waals surface area contributed by atoms with Gasteiger partial charge in [0.05, 0.1) is 25.0 Å². The van der Waals surface area contributed by atoms with Gasteiger partial charge in [-0.05, 0) is 76.4 Å². The molecule has 0 bridgehead atoms. The summed E-state index contributed by atoms with van der Waals surface area (Å²) < 4.78 is 4.84. The number of aliphatic imine (C=N–C) groups is 1. The number of nitrogens with one attached hydrogen (secondary N) is 2. The number of aromatic nitrogens is 2. The molecular weight excluding hydrogens is 622 g/mol. The molecule has 0 radical (unpaired) electrons. The lowest BCUT2D eigenvalue weighted by atomic mass is 9.95. The largest absolute Gasteiger partial charge is 0.453 e. The summed E-state index contributed by atoms with van der Waals surface area (Å²) in [5.74, 6) is 1.55. The second-order valence-electron chi connectivity index (χ2n) is 13.6. The van der Waals surface area contributed by atoms with E-state index in [0.717, 1.165) is 57.9 Å². The number of methoxy groups -OCH3 is 1. The van der Waals surface area contributed by atoms with Crippen molar-refractivity contribution in [1.29, 1.82) is 0 Å². The Morgan fingerprint density at radius 2 is 1.54 bits per heavy atom. The van der Waals surface area contributed by atoms with E-state index < -0.39 is 12.1 Å². The van der Waals surface area contributed by atoms with Crippen molar-refractivity contribution in [2.75, 3.05) is 13.7 Å². The molecule has 2 aliphatic heterocycles. The van der Waals surface area contributed by atoms with E-state index in [2.05, 4.69) is 71.0 Å². The first-order valence-corrected chi connectivity index (χ1v) is 17.7. The first kappa shape index (κ1) is 31.7. The maximum absolute atomic E-state index is 13.9. The molecule has 0 spiro atoms. The quantitative estimate of drug-likeness (QED) is 0.173. The average Bonchev–Trinajstić information content (AvgIpc) is 4.01. The first-order valence-electron chi connectivity index (χ1n) is 17.7. The van der Waals surface area contributed by atoms with Gasteiger partial charge in [-0.1, -0.05) is 91.7 Å². The van der Waals surface area contributed by atoms with Gasteiger partial charge in [0.15, 0.2) is 0 Å². The molecule has 2 N–H and O–H groups in total. The molecule has 3 aliphatic rings. The van der Waals surface area contributed by atoms with E-state index in [1.165, 1.54) is 49.1 Å². The van der Waals surface area contributed by atoms with E-state index in [4.69, 9.17) is 14.7 Å². The molecule has 1 saturated carbocycles. The second-order valence-corrected chi connectivity index (χ2v) is 13.6. The Labute approximate surface area is 292 Å². The molecule has 3 heterocycles. The van der Waals surface area contributed by atoms with E-state index in [-0.39, 0.29) is 11.9 Å². The highest BCUT2D eigenvalue weighted by Gasteiger charge is 2.38. The van der Waals surface area contributed by atoms with Crippen LogP contribution in [0.5, 0.6) is 0 Å². The number of hydrogen-bond acceptors (Lipinski definition) is 5. The number of imidazole rings is 1. The highest BCUT2D eigenvalue weighted by Crippen LogP contribution is 2.35. The molecule has 1 saturated heterocycles. The molecule has 2 fully saturated rings. The van der Waals surface area contributed by atoms with Crippen LogP contribution in [0, 0.1) is 0 Å². The van der Waals surface area contributed by atoms with Crippen LogP contribution in [0.4, 0.5) is 4.79 Å². The summed E-state index contributed by atoms with van der Waals surface area (Å²) in [4.78, 5) is 41.1. The van der Waals surface area contributed by atoms with E-state index in [1.54, 1.807) is 0 Å². The Balaban J connectivity index is 0.935. The van der Waals surface area contributed by atoms with Gasteiger partial charge in [0.25, 0.3) is 0 Å². The van der Waals surface area contributed by atoms with E-state index in [9.17, 15) is 9.59 Å². The zero-order chi connectivity index (χ0) is 34.0. The Morgan fingerprint density at radius 1 is 0.840 bits per heavy atom. The Hall–Kier alpha value is -5.50. The first-order chi connectivity index (χ1) is 24.5. The number of nitrogens with zero attached hydrogens (tertiary/aromatic N) is 3. The van der Waals surface area contributed by atoms with Crippen LogP contribution in [0.1, 0.15) is 73.9 Å². The summed E-state index contributed by atoms with van der Waals surface area (Å²) in [5, 5.41) is 5.15. The Kier molecular flexibility index (Phi) is 8.75. The van der Waals surface area contributed by atoms with Gasteiger partial charge in [-0.25, -0.2) is 9.78 Å². The highest BCUT2D eigenvalue weighted by atomic mass is 16.5. The summed E-state index contributed by atoms with van der Waals surface area (Å²) in [6, 6.07) is 30.3. The van der Waals surface area contributed by atoms with Gasteiger partial charge in [-0.3, -0.25) is 9.79 Å². The van der Waals surface area contributed by atoms with Crippen molar-refractivity contribution < 1.29 is 14.3 Å². The lowest BCUT2D eigenvalue weighted by Gasteiger charge is -2.29. The number of carbonyl (C=O) groups excluding carboxylic acids is 2. The van der Waals surface area contributed by atoms with E-state index in [1.807, 2.05) is 47.6 Å². The molecule has 5 aromatic rings. The third-order valence-electron chi connectivity index (χ3n) is 10.6. The molecule has 1 aliphatic carbocycles. The fourth-order valence-corrected chi connectivity index (χ4v) is 7.84. The van der Waals surface area contributed by atoms with Gasteiger partial charge in [-0.15, -0.1) is 0 Å². The number of fused-ring (bicyclic) bond motifs is 1. The smallest absolute Gasteiger partial charge is 0.407 e. The number of rotatable bonds is 8. The number of H-pyrrole nitrogens is 1. The van der Waals surface area contributed by atoms with Gasteiger partial charge in [0.1, 0.15) is 11.9 Å². The highest BCUT2D eigenvalue weighted by molar-refractivity contribution is 6.04. The summed E-state index contributed by atoms with van der Waals surface area (Å²) >= 11 is 0. The number of allylic oxidation sites excluding steroid dienone is 1. The standard InChI is InChI=1S/C42H41N5O3/c1-50-42(49)46-39(29-8-3-2-4-9-29)41(48)47-21-7-12-38(47)36-24-35(25-43-36)28-15-13-27(14-16-28)31-17-18-33-23-34(20-19-32(33)22-31)37-26-44-40(45-37)30-10-5-6-11-30/h2-4,8-9,13-20,22-23,25-26,30,38-39H,5-7,10-12,21,24H2,1H3,(H,44,45)(H,46,49)/t38-,39+/m0/s1. The van der Waals surface area contributed by atoms with Crippen molar-refractivity contribution in [2.24, 2.45) is 4.99 Å². The molecule has 4 aromatic carbocycles. The van der Waals surface area contributed by atoms with Gasteiger partial charge in [0, 0.05) is 36.4 Å². The summed E-state index contributed by atoms with van der Waals surface area (Å²) in [5.41, 5.74) is 8.55.